The molecule has 0 bridgehead atoms. The zero-order chi connectivity index (χ0) is 14.8. The normalized spacial score (nSPS) is 19.9. The van der Waals surface area contributed by atoms with Gasteiger partial charge in [-0.1, -0.05) is 30.3 Å². The van der Waals surface area contributed by atoms with Crippen molar-refractivity contribution in [3.63, 3.8) is 0 Å². The number of benzene rings is 1. The highest BCUT2D eigenvalue weighted by molar-refractivity contribution is 5.61. The number of rotatable bonds is 5. The van der Waals surface area contributed by atoms with E-state index in [1.807, 2.05) is 18.2 Å². The predicted molar refractivity (Wildman–Crippen MR) is 79.9 cm³/mol. The van der Waals surface area contributed by atoms with Gasteiger partial charge < -0.3 is 10.7 Å². The third-order valence-corrected chi connectivity index (χ3v) is 3.56. The van der Waals surface area contributed by atoms with Crippen molar-refractivity contribution in [1.82, 2.24) is 4.98 Å². The average Bonchev–Trinajstić information content (AvgIpc) is 3.27. The second-order valence-electron chi connectivity index (χ2n) is 4.97. The molecule has 0 amide bonds. The highest BCUT2D eigenvalue weighted by atomic mass is 16.6. The SMILES string of the molecule is NNc1ccc([N+](=O)[O-])c(NC2CC2c2ccccc2)n1. The lowest BCUT2D eigenvalue weighted by molar-refractivity contribution is -0.384. The standard InChI is InChI=1S/C14H15N5O2/c15-18-13-7-6-12(19(20)21)14(17-13)16-11-8-10(11)9-4-2-1-3-5-9/h1-7,10-11H,8,15H2,(H2,16,17,18). The first-order valence-electron chi connectivity index (χ1n) is 6.62. The van der Waals surface area contributed by atoms with E-state index in [0.29, 0.717) is 11.7 Å². The Morgan fingerprint density at radius 2 is 2.00 bits per heavy atom. The molecule has 0 spiro atoms. The molecule has 1 aliphatic carbocycles. The quantitative estimate of drug-likeness (QED) is 0.442. The first kappa shape index (κ1) is 13.3. The molecule has 3 rings (SSSR count). The minimum atomic E-state index is -0.449. The summed E-state index contributed by atoms with van der Waals surface area (Å²) in [6.45, 7) is 0. The van der Waals surface area contributed by atoms with Crippen LogP contribution in [0.15, 0.2) is 42.5 Å². The lowest BCUT2D eigenvalue weighted by Crippen LogP contribution is -2.12. The third kappa shape index (κ3) is 2.77. The van der Waals surface area contributed by atoms with E-state index in [0.717, 1.165) is 6.42 Å². The van der Waals surface area contributed by atoms with E-state index in [4.69, 9.17) is 5.84 Å². The van der Waals surface area contributed by atoms with Gasteiger partial charge in [0.1, 0.15) is 5.82 Å². The summed E-state index contributed by atoms with van der Waals surface area (Å²) < 4.78 is 0. The molecule has 1 fully saturated rings. The molecule has 2 atom stereocenters. The molecular weight excluding hydrogens is 270 g/mol. The van der Waals surface area contributed by atoms with Gasteiger partial charge in [-0.25, -0.2) is 10.8 Å². The number of hydrazine groups is 1. The second kappa shape index (κ2) is 5.37. The first-order valence-corrected chi connectivity index (χ1v) is 6.62. The molecule has 1 aliphatic rings. The Morgan fingerprint density at radius 1 is 1.24 bits per heavy atom. The smallest absolute Gasteiger partial charge is 0.311 e. The predicted octanol–water partition coefficient (Wildman–Crippen LogP) is 2.24. The van der Waals surface area contributed by atoms with Gasteiger partial charge >= 0.3 is 5.69 Å². The van der Waals surface area contributed by atoms with Crippen LogP contribution in [0.2, 0.25) is 0 Å². The molecule has 7 nitrogen and oxygen atoms in total. The molecule has 1 aromatic heterocycles. The summed E-state index contributed by atoms with van der Waals surface area (Å²) in [6, 6.07) is 13.1. The Kier molecular flexibility index (Phi) is 3.41. The van der Waals surface area contributed by atoms with E-state index in [1.165, 1.54) is 17.7 Å². The number of nitrogens with two attached hydrogens (primary N) is 1. The van der Waals surface area contributed by atoms with Crippen LogP contribution >= 0.6 is 0 Å². The second-order valence-corrected chi connectivity index (χ2v) is 4.97. The Bertz CT molecular complexity index is 662. The van der Waals surface area contributed by atoms with Gasteiger partial charge in [0.25, 0.3) is 0 Å². The molecule has 1 aromatic carbocycles. The van der Waals surface area contributed by atoms with Crippen LogP contribution in [0.5, 0.6) is 0 Å². The van der Waals surface area contributed by atoms with Gasteiger partial charge in [0.15, 0.2) is 0 Å². The van der Waals surface area contributed by atoms with E-state index < -0.39 is 4.92 Å². The summed E-state index contributed by atoms with van der Waals surface area (Å²) in [5, 5.41) is 14.2. The minimum Gasteiger partial charge on any atom is -0.361 e. The zero-order valence-electron chi connectivity index (χ0n) is 11.2. The van der Waals surface area contributed by atoms with Crippen molar-refractivity contribution >= 4 is 17.3 Å². The van der Waals surface area contributed by atoms with Gasteiger partial charge in [0.05, 0.1) is 4.92 Å². The van der Waals surface area contributed by atoms with E-state index in [1.54, 1.807) is 0 Å². The van der Waals surface area contributed by atoms with E-state index >= 15 is 0 Å². The average molecular weight is 285 g/mol. The van der Waals surface area contributed by atoms with Crippen molar-refractivity contribution < 1.29 is 4.92 Å². The maximum absolute atomic E-state index is 11.0. The van der Waals surface area contributed by atoms with Crippen molar-refractivity contribution in [2.24, 2.45) is 5.84 Å². The van der Waals surface area contributed by atoms with E-state index in [-0.39, 0.29) is 17.5 Å². The van der Waals surface area contributed by atoms with Crippen LogP contribution in [0.3, 0.4) is 0 Å². The monoisotopic (exact) mass is 285 g/mol. The molecule has 1 saturated carbocycles. The van der Waals surface area contributed by atoms with Gasteiger partial charge in [-0.15, -0.1) is 0 Å². The molecule has 4 N–H and O–H groups in total. The Hall–Kier alpha value is -2.67. The van der Waals surface area contributed by atoms with E-state index in [9.17, 15) is 10.1 Å². The van der Waals surface area contributed by atoms with Crippen LogP contribution in [0.1, 0.15) is 17.9 Å². The van der Waals surface area contributed by atoms with E-state index in [2.05, 4.69) is 27.9 Å². The number of pyridine rings is 1. The van der Waals surface area contributed by atoms with Crippen LogP contribution in [0, 0.1) is 10.1 Å². The number of nitrogen functional groups attached to an aromatic ring is 1. The molecule has 0 saturated heterocycles. The van der Waals surface area contributed by atoms with Crippen molar-refractivity contribution in [1.29, 1.82) is 0 Å². The van der Waals surface area contributed by atoms with Crippen LogP contribution in [-0.4, -0.2) is 15.9 Å². The molecule has 1 heterocycles. The number of nitro groups is 1. The lowest BCUT2D eigenvalue weighted by atomic mass is 10.1. The fraction of sp³-hybridized carbons (Fsp3) is 0.214. The van der Waals surface area contributed by atoms with Gasteiger partial charge in [0, 0.05) is 18.0 Å². The number of nitrogens with zero attached hydrogens (tertiary/aromatic N) is 2. The highest BCUT2D eigenvalue weighted by Gasteiger charge is 2.39. The number of hydrogen-bond donors (Lipinski definition) is 3. The largest absolute Gasteiger partial charge is 0.361 e. The first-order chi connectivity index (χ1) is 10.2. The summed E-state index contributed by atoms with van der Waals surface area (Å²) in [6.07, 6.45) is 0.934. The van der Waals surface area contributed by atoms with Crippen LogP contribution < -0.4 is 16.6 Å². The van der Waals surface area contributed by atoms with Gasteiger partial charge in [-0.05, 0) is 18.1 Å². The molecule has 21 heavy (non-hydrogen) atoms. The Morgan fingerprint density at radius 3 is 2.67 bits per heavy atom. The summed E-state index contributed by atoms with van der Waals surface area (Å²) in [4.78, 5) is 14.7. The molecular formula is C14H15N5O2. The molecule has 2 aromatic rings. The van der Waals surface area contributed by atoms with Crippen LogP contribution in [0.4, 0.5) is 17.3 Å². The molecule has 0 aliphatic heterocycles. The summed E-state index contributed by atoms with van der Waals surface area (Å²) >= 11 is 0. The number of nitrogens with one attached hydrogen (secondary N) is 2. The lowest BCUT2D eigenvalue weighted by Gasteiger charge is -2.08. The topological polar surface area (TPSA) is 106 Å². The third-order valence-electron chi connectivity index (χ3n) is 3.56. The van der Waals surface area contributed by atoms with Crippen molar-refractivity contribution in [3.8, 4) is 0 Å². The zero-order valence-corrected chi connectivity index (χ0v) is 11.2. The van der Waals surface area contributed by atoms with Crippen molar-refractivity contribution in [2.45, 2.75) is 18.4 Å². The highest BCUT2D eigenvalue weighted by Crippen LogP contribution is 2.43. The van der Waals surface area contributed by atoms with Gasteiger partial charge in [0.2, 0.25) is 5.82 Å². The number of aromatic nitrogens is 1. The fourth-order valence-electron chi connectivity index (χ4n) is 2.38. The molecule has 7 heteroatoms. The summed E-state index contributed by atoms with van der Waals surface area (Å²) in [7, 11) is 0. The van der Waals surface area contributed by atoms with Crippen molar-refractivity contribution in [2.75, 3.05) is 10.7 Å². The molecule has 108 valence electrons. The van der Waals surface area contributed by atoms with Gasteiger partial charge in [-0.3, -0.25) is 10.1 Å². The number of anilines is 2. The maximum Gasteiger partial charge on any atom is 0.311 e. The van der Waals surface area contributed by atoms with Crippen LogP contribution in [0.25, 0.3) is 0 Å². The van der Waals surface area contributed by atoms with Crippen LogP contribution in [-0.2, 0) is 0 Å². The molecule has 0 radical (unpaired) electrons. The molecule has 2 unspecified atom stereocenters. The summed E-state index contributed by atoms with van der Waals surface area (Å²) in [5.41, 5.74) is 3.58. The Labute approximate surface area is 121 Å². The Balaban J connectivity index is 1.78. The fourth-order valence-corrected chi connectivity index (χ4v) is 2.38. The summed E-state index contributed by atoms with van der Waals surface area (Å²) in [5.74, 6) is 6.30. The minimum absolute atomic E-state index is 0.0484. The number of hydrogen-bond acceptors (Lipinski definition) is 6. The maximum atomic E-state index is 11.0. The van der Waals surface area contributed by atoms with Gasteiger partial charge in [-0.2, -0.15) is 0 Å². The van der Waals surface area contributed by atoms with Crippen molar-refractivity contribution in [3.05, 3.63) is 58.1 Å².